The third-order valence-corrected chi connectivity index (χ3v) is 7.42. The van der Waals surface area contributed by atoms with E-state index in [-0.39, 0.29) is 18.0 Å². The van der Waals surface area contributed by atoms with Crippen molar-refractivity contribution >= 4 is 10.0 Å². The molecule has 0 aromatic heterocycles. The van der Waals surface area contributed by atoms with Crippen molar-refractivity contribution in [3.63, 3.8) is 0 Å². The molecule has 1 atom stereocenters. The standard InChI is InChI=1S/C26H35NO3S/c1-21-14-16-24(17-15-21)31(28,29)27-20-22-10-5-6-13-25(22)30-19-8-7-11-23(27)12-9-18-26(2,3)4/h5-6,9-10,12-17,23H,7-8,11,18-20H2,1-4H3/b12-9+. The summed E-state index contributed by atoms with van der Waals surface area (Å²) >= 11 is 0. The Morgan fingerprint density at radius 2 is 1.77 bits per heavy atom. The summed E-state index contributed by atoms with van der Waals surface area (Å²) in [5.74, 6) is 0.769. The Kier molecular flexibility index (Phi) is 7.60. The maximum atomic E-state index is 13.8. The first kappa shape index (κ1) is 23.6. The molecule has 0 amide bonds. The predicted octanol–water partition coefficient (Wildman–Crippen LogP) is 6.11. The lowest BCUT2D eigenvalue weighted by Gasteiger charge is -2.31. The van der Waals surface area contributed by atoms with Gasteiger partial charge in [0.05, 0.1) is 11.5 Å². The quantitative estimate of drug-likeness (QED) is 0.538. The van der Waals surface area contributed by atoms with Crippen LogP contribution in [0.2, 0.25) is 0 Å². The van der Waals surface area contributed by atoms with E-state index in [1.807, 2.05) is 43.3 Å². The number of hydrogen-bond acceptors (Lipinski definition) is 3. The van der Waals surface area contributed by atoms with Crippen LogP contribution in [-0.2, 0) is 16.6 Å². The number of fused-ring (bicyclic) bond motifs is 1. The summed E-state index contributed by atoms with van der Waals surface area (Å²) in [4.78, 5) is 0.336. The number of hydrogen-bond donors (Lipinski definition) is 0. The summed E-state index contributed by atoms with van der Waals surface area (Å²) in [5.41, 5.74) is 2.10. The molecule has 0 fully saturated rings. The first-order chi connectivity index (χ1) is 14.7. The summed E-state index contributed by atoms with van der Waals surface area (Å²) in [5, 5.41) is 0. The Bertz CT molecular complexity index is 988. The van der Waals surface area contributed by atoms with Gasteiger partial charge in [-0.3, -0.25) is 0 Å². The second kappa shape index (κ2) is 10.0. The molecule has 0 spiro atoms. The van der Waals surface area contributed by atoms with Gasteiger partial charge >= 0.3 is 0 Å². The van der Waals surface area contributed by atoms with E-state index in [9.17, 15) is 8.42 Å². The summed E-state index contributed by atoms with van der Waals surface area (Å²) in [6, 6.07) is 14.7. The van der Waals surface area contributed by atoms with Crippen LogP contribution in [0.25, 0.3) is 0 Å². The molecule has 0 radical (unpaired) electrons. The van der Waals surface area contributed by atoms with Gasteiger partial charge in [0.15, 0.2) is 0 Å². The van der Waals surface area contributed by atoms with E-state index in [0.29, 0.717) is 11.5 Å². The highest BCUT2D eigenvalue weighted by Crippen LogP contribution is 2.30. The molecule has 5 heteroatoms. The molecular formula is C26H35NO3S. The Balaban J connectivity index is 2.04. The van der Waals surface area contributed by atoms with Gasteiger partial charge in [0.25, 0.3) is 0 Å². The fraction of sp³-hybridized carbons (Fsp3) is 0.462. The van der Waals surface area contributed by atoms with Gasteiger partial charge in [0, 0.05) is 18.2 Å². The average molecular weight is 442 g/mol. The molecule has 0 saturated heterocycles. The molecule has 31 heavy (non-hydrogen) atoms. The molecule has 0 bridgehead atoms. The van der Waals surface area contributed by atoms with Gasteiger partial charge in [-0.2, -0.15) is 4.31 Å². The van der Waals surface area contributed by atoms with Gasteiger partial charge in [0.2, 0.25) is 10.0 Å². The van der Waals surface area contributed by atoms with Gasteiger partial charge in [-0.15, -0.1) is 0 Å². The highest BCUT2D eigenvalue weighted by Gasteiger charge is 2.31. The van der Waals surface area contributed by atoms with Crippen molar-refractivity contribution in [3.05, 3.63) is 71.8 Å². The minimum absolute atomic E-state index is 0.160. The summed E-state index contributed by atoms with van der Waals surface area (Å²) in [7, 11) is -3.68. The van der Waals surface area contributed by atoms with E-state index in [4.69, 9.17) is 4.74 Å². The average Bonchev–Trinajstić information content (AvgIpc) is 2.71. The van der Waals surface area contributed by atoms with Crippen LogP contribution in [-0.4, -0.2) is 25.4 Å². The smallest absolute Gasteiger partial charge is 0.243 e. The van der Waals surface area contributed by atoms with E-state index in [0.717, 1.165) is 42.6 Å². The van der Waals surface area contributed by atoms with Crippen molar-refractivity contribution in [2.24, 2.45) is 5.41 Å². The Hall–Kier alpha value is -2.11. The molecule has 1 heterocycles. The van der Waals surface area contributed by atoms with Crippen molar-refractivity contribution in [2.45, 2.75) is 70.9 Å². The lowest BCUT2D eigenvalue weighted by atomic mass is 9.91. The number of sulfonamides is 1. The van der Waals surface area contributed by atoms with Crippen LogP contribution in [0.3, 0.4) is 0 Å². The van der Waals surface area contributed by atoms with Crippen LogP contribution < -0.4 is 4.74 Å². The number of benzene rings is 2. The molecule has 4 nitrogen and oxygen atoms in total. The normalized spacial score (nSPS) is 19.0. The number of nitrogens with zero attached hydrogens (tertiary/aromatic N) is 1. The van der Waals surface area contributed by atoms with Crippen LogP contribution in [0, 0.1) is 12.3 Å². The molecular weight excluding hydrogens is 406 g/mol. The second-order valence-corrected chi connectivity index (χ2v) is 11.5. The monoisotopic (exact) mass is 441 g/mol. The SMILES string of the molecule is Cc1ccc(S(=O)(=O)N2Cc3ccccc3OCCCCC2/C=C/CC(C)(C)C)cc1. The molecule has 0 aliphatic carbocycles. The van der Waals surface area contributed by atoms with E-state index < -0.39 is 10.0 Å². The zero-order valence-corrected chi connectivity index (χ0v) is 20.0. The topological polar surface area (TPSA) is 46.6 Å². The molecule has 168 valence electrons. The van der Waals surface area contributed by atoms with Gasteiger partial charge in [-0.25, -0.2) is 8.42 Å². The number of para-hydroxylation sites is 1. The van der Waals surface area contributed by atoms with Gasteiger partial charge in [-0.1, -0.05) is 68.8 Å². The van der Waals surface area contributed by atoms with E-state index in [1.54, 1.807) is 16.4 Å². The Morgan fingerprint density at radius 1 is 1.06 bits per heavy atom. The molecule has 3 rings (SSSR count). The maximum absolute atomic E-state index is 13.8. The largest absolute Gasteiger partial charge is 0.493 e. The first-order valence-electron chi connectivity index (χ1n) is 11.1. The Morgan fingerprint density at radius 3 is 2.48 bits per heavy atom. The molecule has 0 N–H and O–H groups in total. The van der Waals surface area contributed by atoms with Gasteiger partial charge < -0.3 is 4.74 Å². The van der Waals surface area contributed by atoms with Crippen molar-refractivity contribution in [1.82, 2.24) is 4.31 Å². The minimum Gasteiger partial charge on any atom is -0.493 e. The van der Waals surface area contributed by atoms with Gasteiger partial charge in [-0.05, 0) is 56.2 Å². The van der Waals surface area contributed by atoms with Crippen LogP contribution in [0.15, 0.2) is 65.6 Å². The van der Waals surface area contributed by atoms with Crippen molar-refractivity contribution in [3.8, 4) is 5.75 Å². The zero-order valence-electron chi connectivity index (χ0n) is 19.2. The third kappa shape index (κ3) is 6.44. The number of allylic oxidation sites excluding steroid dienone is 1. The number of aryl methyl sites for hydroxylation is 1. The highest BCUT2D eigenvalue weighted by molar-refractivity contribution is 7.89. The van der Waals surface area contributed by atoms with E-state index in [2.05, 4.69) is 32.9 Å². The highest BCUT2D eigenvalue weighted by atomic mass is 32.2. The van der Waals surface area contributed by atoms with Crippen LogP contribution in [0.1, 0.15) is 57.6 Å². The first-order valence-corrected chi connectivity index (χ1v) is 12.6. The van der Waals surface area contributed by atoms with Crippen molar-refractivity contribution in [2.75, 3.05) is 6.61 Å². The molecule has 1 aliphatic rings. The number of ether oxygens (including phenoxy) is 1. The van der Waals surface area contributed by atoms with Crippen molar-refractivity contribution < 1.29 is 13.2 Å². The number of rotatable bonds is 4. The lowest BCUT2D eigenvalue weighted by Crippen LogP contribution is -2.39. The second-order valence-electron chi connectivity index (χ2n) is 9.58. The molecule has 2 aromatic carbocycles. The molecule has 1 aliphatic heterocycles. The van der Waals surface area contributed by atoms with Crippen LogP contribution >= 0.6 is 0 Å². The van der Waals surface area contributed by atoms with Crippen LogP contribution in [0.4, 0.5) is 0 Å². The van der Waals surface area contributed by atoms with Crippen LogP contribution in [0.5, 0.6) is 5.75 Å². The fourth-order valence-corrected chi connectivity index (χ4v) is 5.31. The molecule has 2 aromatic rings. The molecule has 1 unspecified atom stereocenters. The Labute approximate surface area is 188 Å². The zero-order chi connectivity index (χ0) is 22.5. The summed E-state index contributed by atoms with van der Waals surface area (Å²) in [6.45, 7) is 9.49. The van der Waals surface area contributed by atoms with E-state index >= 15 is 0 Å². The molecule has 0 saturated carbocycles. The third-order valence-electron chi connectivity index (χ3n) is 5.54. The van der Waals surface area contributed by atoms with Gasteiger partial charge in [0.1, 0.15) is 5.75 Å². The summed E-state index contributed by atoms with van der Waals surface area (Å²) in [6.07, 6.45) is 7.74. The minimum atomic E-state index is -3.68. The summed E-state index contributed by atoms with van der Waals surface area (Å²) < 4.78 is 35.2. The lowest BCUT2D eigenvalue weighted by molar-refractivity contribution is 0.268. The van der Waals surface area contributed by atoms with Crippen molar-refractivity contribution in [1.29, 1.82) is 0 Å². The van der Waals surface area contributed by atoms with E-state index in [1.165, 1.54) is 0 Å². The maximum Gasteiger partial charge on any atom is 0.243 e. The fourth-order valence-electron chi connectivity index (χ4n) is 3.72. The predicted molar refractivity (Wildman–Crippen MR) is 127 cm³/mol.